The third-order valence-electron chi connectivity index (χ3n) is 2.35. The van der Waals surface area contributed by atoms with Crippen LogP contribution in [0.1, 0.15) is 10.4 Å². The number of benzene rings is 2. The van der Waals surface area contributed by atoms with E-state index in [9.17, 15) is 18.0 Å². The van der Waals surface area contributed by atoms with Crippen molar-refractivity contribution in [1.82, 2.24) is 0 Å². The zero-order valence-corrected chi connectivity index (χ0v) is 11.9. The Morgan fingerprint density at radius 2 is 1.57 bits per heavy atom. The first-order valence-electron chi connectivity index (χ1n) is 5.67. The van der Waals surface area contributed by atoms with Crippen LogP contribution in [0.5, 0.6) is 5.75 Å². The summed E-state index contributed by atoms with van der Waals surface area (Å²) in [5.74, 6) is -0.328. The molecule has 0 bridgehead atoms. The molecule has 0 aliphatic carbocycles. The fourth-order valence-electron chi connectivity index (χ4n) is 1.46. The van der Waals surface area contributed by atoms with E-state index in [-0.39, 0.29) is 10.9 Å². The van der Waals surface area contributed by atoms with Gasteiger partial charge >= 0.3 is 6.36 Å². The van der Waals surface area contributed by atoms with Crippen LogP contribution in [0.4, 0.5) is 13.2 Å². The van der Waals surface area contributed by atoms with Gasteiger partial charge in [-0.2, -0.15) is 0 Å². The molecule has 2 nitrogen and oxygen atoms in total. The molecule has 0 aliphatic rings. The van der Waals surface area contributed by atoms with Crippen molar-refractivity contribution < 1.29 is 22.7 Å². The summed E-state index contributed by atoms with van der Waals surface area (Å²) in [6, 6.07) is 11.4. The average Bonchev–Trinajstić information content (AvgIpc) is 2.40. The predicted octanol–water partition coefficient (Wildman–Crippen LogP) is 5.17. The van der Waals surface area contributed by atoms with Crippen LogP contribution in [0, 0.1) is 0 Å². The van der Waals surface area contributed by atoms with Crippen LogP contribution in [0.15, 0.2) is 53.4 Å². The molecule has 2 aromatic rings. The van der Waals surface area contributed by atoms with E-state index >= 15 is 0 Å². The Labute approximate surface area is 127 Å². The molecule has 0 saturated carbocycles. The molecule has 0 N–H and O–H groups in total. The Morgan fingerprint density at radius 1 is 1.00 bits per heavy atom. The molecule has 21 heavy (non-hydrogen) atoms. The SMILES string of the molecule is O=C(Sc1ccc(OC(F)(F)F)cc1)c1ccc(Cl)cc1. The van der Waals surface area contributed by atoms with Gasteiger partial charge in [-0.1, -0.05) is 11.6 Å². The largest absolute Gasteiger partial charge is 0.573 e. The van der Waals surface area contributed by atoms with Crippen LogP contribution in [-0.2, 0) is 0 Å². The molecule has 0 unspecified atom stereocenters. The Morgan fingerprint density at radius 3 is 2.10 bits per heavy atom. The van der Waals surface area contributed by atoms with Crippen LogP contribution >= 0.6 is 23.4 Å². The second-order valence-electron chi connectivity index (χ2n) is 3.92. The molecule has 0 heterocycles. The van der Waals surface area contributed by atoms with Gasteiger partial charge in [0.25, 0.3) is 0 Å². The molecule has 0 fully saturated rings. The Bertz CT molecular complexity index is 624. The van der Waals surface area contributed by atoms with Gasteiger partial charge in [-0.15, -0.1) is 13.2 Å². The zero-order valence-electron chi connectivity index (χ0n) is 10.4. The number of hydrogen-bond donors (Lipinski definition) is 0. The number of ether oxygens (including phenoxy) is 1. The van der Waals surface area contributed by atoms with Crippen molar-refractivity contribution in [2.75, 3.05) is 0 Å². The summed E-state index contributed by atoms with van der Waals surface area (Å²) >= 11 is 6.63. The maximum absolute atomic E-state index is 12.0. The molecule has 0 radical (unpaired) electrons. The predicted molar refractivity (Wildman–Crippen MR) is 74.8 cm³/mol. The minimum absolute atomic E-state index is 0.226. The lowest BCUT2D eigenvalue weighted by molar-refractivity contribution is -0.274. The molecule has 2 rings (SSSR count). The highest BCUT2D eigenvalue weighted by atomic mass is 35.5. The third-order valence-corrected chi connectivity index (χ3v) is 3.53. The summed E-state index contributed by atoms with van der Waals surface area (Å²) in [6.07, 6.45) is -4.73. The van der Waals surface area contributed by atoms with Crippen molar-refractivity contribution in [3.8, 4) is 5.75 Å². The molecule has 0 amide bonds. The van der Waals surface area contributed by atoms with E-state index in [1.54, 1.807) is 24.3 Å². The highest BCUT2D eigenvalue weighted by Crippen LogP contribution is 2.28. The van der Waals surface area contributed by atoms with E-state index in [1.807, 2.05) is 0 Å². The van der Waals surface area contributed by atoms with E-state index in [2.05, 4.69) is 4.74 Å². The minimum atomic E-state index is -4.73. The fraction of sp³-hybridized carbons (Fsp3) is 0.0714. The highest BCUT2D eigenvalue weighted by molar-refractivity contribution is 8.14. The topological polar surface area (TPSA) is 26.3 Å². The molecule has 0 atom stereocenters. The number of carbonyl (C=O) groups is 1. The zero-order chi connectivity index (χ0) is 15.5. The van der Waals surface area contributed by atoms with Gasteiger partial charge in [0, 0.05) is 15.5 Å². The maximum Gasteiger partial charge on any atom is 0.573 e. The normalized spacial score (nSPS) is 11.2. The summed E-state index contributed by atoms with van der Waals surface area (Å²) in [5.41, 5.74) is 0.458. The first kappa shape index (κ1) is 15.7. The van der Waals surface area contributed by atoms with Crippen molar-refractivity contribution in [2.45, 2.75) is 11.3 Å². The van der Waals surface area contributed by atoms with Crippen LogP contribution in [0.25, 0.3) is 0 Å². The van der Waals surface area contributed by atoms with Gasteiger partial charge in [0.2, 0.25) is 5.12 Å². The van der Waals surface area contributed by atoms with E-state index in [0.29, 0.717) is 15.5 Å². The summed E-state index contributed by atoms with van der Waals surface area (Å²) in [4.78, 5) is 12.5. The van der Waals surface area contributed by atoms with Gasteiger partial charge in [0.1, 0.15) is 5.75 Å². The van der Waals surface area contributed by atoms with E-state index in [1.165, 1.54) is 12.1 Å². The van der Waals surface area contributed by atoms with Crippen LogP contribution < -0.4 is 4.74 Å². The van der Waals surface area contributed by atoms with Crippen LogP contribution in [0.3, 0.4) is 0 Å². The van der Waals surface area contributed by atoms with Gasteiger partial charge in [-0.25, -0.2) is 0 Å². The van der Waals surface area contributed by atoms with E-state index in [0.717, 1.165) is 23.9 Å². The van der Waals surface area contributed by atoms with E-state index in [4.69, 9.17) is 11.6 Å². The maximum atomic E-state index is 12.0. The molecule has 2 aromatic carbocycles. The molecular formula is C14H8ClF3O2S. The van der Waals surface area contributed by atoms with Gasteiger partial charge in [-0.3, -0.25) is 4.79 Å². The smallest absolute Gasteiger partial charge is 0.406 e. The van der Waals surface area contributed by atoms with Gasteiger partial charge in [0.05, 0.1) is 0 Å². The van der Waals surface area contributed by atoms with Crippen LogP contribution in [0.2, 0.25) is 5.02 Å². The number of thioether (sulfide) groups is 1. The molecule has 0 saturated heterocycles. The van der Waals surface area contributed by atoms with Crippen LogP contribution in [-0.4, -0.2) is 11.5 Å². The molecule has 0 aliphatic heterocycles. The standard InChI is InChI=1S/C14H8ClF3O2S/c15-10-3-1-9(2-4-10)13(19)21-12-7-5-11(6-8-12)20-14(16,17)18/h1-8H. The highest BCUT2D eigenvalue weighted by Gasteiger charge is 2.30. The van der Waals surface area contributed by atoms with E-state index < -0.39 is 6.36 Å². The quantitative estimate of drug-likeness (QED) is 0.725. The first-order chi connectivity index (χ1) is 9.83. The fourth-order valence-corrected chi connectivity index (χ4v) is 2.33. The number of halogens is 4. The summed E-state index contributed by atoms with van der Waals surface area (Å²) < 4.78 is 39.8. The number of hydrogen-bond acceptors (Lipinski definition) is 3. The monoisotopic (exact) mass is 332 g/mol. The molecule has 0 spiro atoms. The molecule has 110 valence electrons. The number of rotatable bonds is 3. The van der Waals surface area contributed by atoms with Crippen molar-refractivity contribution in [3.63, 3.8) is 0 Å². The lowest BCUT2D eigenvalue weighted by Gasteiger charge is -2.09. The average molecular weight is 333 g/mol. The molecule has 0 aromatic heterocycles. The number of alkyl halides is 3. The minimum Gasteiger partial charge on any atom is -0.406 e. The first-order valence-corrected chi connectivity index (χ1v) is 6.86. The third kappa shape index (κ3) is 4.99. The van der Waals surface area contributed by atoms with Crippen molar-refractivity contribution in [1.29, 1.82) is 0 Å². The van der Waals surface area contributed by atoms with Crippen molar-refractivity contribution in [3.05, 3.63) is 59.1 Å². The van der Waals surface area contributed by atoms with Gasteiger partial charge in [-0.05, 0) is 60.3 Å². The summed E-state index contributed by atoms with van der Waals surface area (Å²) in [6.45, 7) is 0. The second kappa shape index (κ2) is 6.41. The Balaban J connectivity index is 2.03. The molecule has 7 heteroatoms. The summed E-state index contributed by atoms with van der Waals surface area (Å²) in [7, 11) is 0. The molecular weight excluding hydrogens is 325 g/mol. The van der Waals surface area contributed by atoms with Crippen molar-refractivity contribution >= 4 is 28.5 Å². The Kier molecular flexibility index (Phi) is 4.80. The second-order valence-corrected chi connectivity index (χ2v) is 5.40. The van der Waals surface area contributed by atoms with Gasteiger partial charge < -0.3 is 4.74 Å². The van der Waals surface area contributed by atoms with Crippen molar-refractivity contribution in [2.24, 2.45) is 0 Å². The number of carbonyl (C=O) groups excluding carboxylic acids is 1. The Hall–Kier alpha value is -1.66. The lowest BCUT2D eigenvalue weighted by atomic mass is 10.2. The summed E-state index contributed by atoms with van der Waals surface area (Å²) in [5, 5.41) is 0.293. The van der Waals surface area contributed by atoms with Gasteiger partial charge in [0.15, 0.2) is 0 Å². The lowest BCUT2D eigenvalue weighted by Crippen LogP contribution is -2.16.